The lowest BCUT2D eigenvalue weighted by Crippen LogP contribution is -2.41. The van der Waals surface area contributed by atoms with Crippen molar-refractivity contribution in [2.45, 2.75) is 69.6 Å². The van der Waals surface area contributed by atoms with Crippen molar-refractivity contribution in [3.63, 3.8) is 0 Å². The summed E-state index contributed by atoms with van der Waals surface area (Å²) in [6.07, 6.45) is 6.48. The third-order valence-corrected chi connectivity index (χ3v) is 6.24. The van der Waals surface area contributed by atoms with Crippen molar-refractivity contribution in [3.05, 3.63) is 0 Å². The molecule has 20 heavy (non-hydrogen) atoms. The van der Waals surface area contributed by atoms with Gasteiger partial charge in [-0.3, -0.25) is 4.79 Å². The molecule has 0 aromatic rings. The van der Waals surface area contributed by atoms with Crippen LogP contribution in [0, 0.1) is 0 Å². The van der Waals surface area contributed by atoms with Crippen molar-refractivity contribution in [1.29, 1.82) is 0 Å². The normalized spacial score (nSPS) is 18.1. The first-order valence-corrected chi connectivity index (χ1v) is 9.42. The molecule has 1 amide bonds. The lowest BCUT2D eigenvalue weighted by molar-refractivity contribution is -0.121. The molecule has 0 bridgehead atoms. The summed E-state index contributed by atoms with van der Waals surface area (Å²) in [6, 6.07) is -0.0309. The van der Waals surface area contributed by atoms with Crippen LogP contribution in [0.1, 0.15) is 58.3 Å². The van der Waals surface area contributed by atoms with E-state index in [4.69, 9.17) is 5.73 Å². The minimum atomic E-state index is -3.11. The molecular weight excluding hydrogens is 276 g/mol. The molecule has 0 aromatic heterocycles. The average Bonchev–Trinajstić information content (AvgIpc) is 2.96. The molecule has 1 saturated carbocycles. The Balaban J connectivity index is 2.34. The summed E-state index contributed by atoms with van der Waals surface area (Å²) in [6.45, 7) is 2.49. The first-order valence-electron chi connectivity index (χ1n) is 7.70. The van der Waals surface area contributed by atoms with Gasteiger partial charge in [-0.05, 0) is 19.3 Å². The zero-order valence-corrected chi connectivity index (χ0v) is 13.3. The molecule has 1 unspecified atom stereocenters. The van der Waals surface area contributed by atoms with E-state index in [-0.39, 0.29) is 29.4 Å². The summed E-state index contributed by atoms with van der Waals surface area (Å²) in [4.78, 5) is 11.8. The van der Waals surface area contributed by atoms with Crippen molar-refractivity contribution in [3.8, 4) is 0 Å². The lowest BCUT2D eigenvalue weighted by Gasteiger charge is -2.17. The highest BCUT2D eigenvalue weighted by molar-refractivity contribution is 7.92. The predicted molar refractivity (Wildman–Crippen MR) is 81.2 cm³/mol. The van der Waals surface area contributed by atoms with Crippen LogP contribution in [0.15, 0.2) is 0 Å². The van der Waals surface area contributed by atoms with Crippen LogP contribution >= 0.6 is 0 Å². The van der Waals surface area contributed by atoms with Crippen molar-refractivity contribution >= 4 is 15.7 Å². The van der Waals surface area contributed by atoms with Crippen LogP contribution in [-0.4, -0.2) is 37.9 Å². The summed E-state index contributed by atoms with van der Waals surface area (Å²) in [5.41, 5.74) is 5.61. The Labute approximate surface area is 122 Å². The number of nitrogens with one attached hydrogen (secondary N) is 1. The zero-order valence-electron chi connectivity index (χ0n) is 12.4. The Morgan fingerprint density at radius 1 is 1.35 bits per heavy atom. The smallest absolute Gasteiger partial charge is 0.221 e. The average molecular weight is 304 g/mol. The molecule has 0 aromatic carbocycles. The summed E-state index contributed by atoms with van der Waals surface area (Å²) in [5, 5.41) is 2.61. The summed E-state index contributed by atoms with van der Waals surface area (Å²) in [7, 11) is -3.11. The van der Waals surface area contributed by atoms with E-state index in [0.29, 0.717) is 6.54 Å². The molecule has 0 radical (unpaired) electrons. The van der Waals surface area contributed by atoms with Gasteiger partial charge in [0, 0.05) is 19.0 Å². The van der Waals surface area contributed by atoms with Gasteiger partial charge in [0.2, 0.25) is 5.91 Å². The summed E-state index contributed by atoms with van der Waals surface area (Å²) < 4.78 is 24.1. The number of carbonyl (C=O) groups is 1. The van der Waals surface area contributed by atoms with Crippen molar-refractivity contribution in [2.24, 2.45) is 5.73 Å². The van der Waals surface area contributed by atoms with Gasteiger partial charge in [0.05, 0.1) is 11.0 Å². The quantitative estimate of drug-likeness (QED) is 0.673. The van der Waals surface area contributed by atoms with E-state index >= 15 is 0 Å². The minimum absolute atomic E-state index is 0.0309. The SMILES string of the molecule is CCCCC(CN)NC(=O)CCS(=O)(=O)C1CCCC1. The van der Waals surface area contributed by atoms with Gasteiger partial charge in [0.15, 0.2) is 9.84 Å². The third kappa shape index (κ3) is 5.79. The van der Waals surface area contributed by atoms with Gasteiger partial charge in [-0.25, -0.2) is 8.42 Å². The van der Waals surface area contributed by atoms with Crippen LogP contribution in [-0.2, 0) is 14.6 Å². The Morgan fingerprint density at radius 2 is 2.00 bits per heavy atom. The molecule has 0 aliphatic heterocycles. The molecule has 118 valence electrons. The van der Waals surface area contributed by atoms with Gasteiger partial charge >= 0.3 is 0 Å². The fourth-order valence-corrected chi connectivity index (χ4v) is 4.50. The van der Waals surface area contributed by atoms with Gasteiger partial charge in [0.25, 0.3) is 0 Å². The number of sulfone groups is 1. The molecule has 1 aliphatic carbocycles. The van der Waals surface area contributed by atoms with Crippen LogP contribution < -0.4 is 11.1 Å². The number of nitrogens with two attached hydrogens (primary N) is 1. The largest absolute Gasteiger partial charge is 0.352 e. The molecule has 3 N–H and O–H groups in total. The van der Waals surface area contributed by atoms with Crippen LogP contribution in [0.2, 0.25) is 0 Å². The van der Waals surface area contributed by atoms with Gasteiger partial charge in [-0.1, -0.05) is 32.6 Å². The first-order chi connectivity index (χ1) is 9.49. The van der Waals surface area contributed by atoms with Gasteiger partial charge in [-0.15, -0.1) is 0 Å². The Hall–Kier alpha value is -0.620. The van der Waals surface area contributed by atoms with Crippen LogP contribution in [0.5, 0.6) is 0 Å². The first kappa shape index (κ1) is 17.4. The van der Waals surface area contributed by atoms with Crippen molar-refractivity contribution in [1.82, 2.24) is 5.32 Å². The zero-order chi connectivity index (χ0) is 15.0. The minimum Gasteiger partial charge on any atom is -0.352 e. The summed E-state index contributed by atoms with van der Waals surface area (Å²) in [5.74, 6) is -0.229. The third-order valence-electron chi connectivity index (χ3n) is 3.98. The molecule has 1 atom stereocenters. The van der Waals surface area contributed by atoms with Gasteiger partial charge in [0.1, 0.15) is 0 Å². The lowest BCUT2D eigenvalue weighted by atomic mass is 10.1. The number of rotatable bonds is 9. The molecule has 6 heteroatoms. The maximum absolute atomic E-state index is 12.1. The Kier molecular flexibility index (Phi) is 7.51. The molecule has 1 rings (SSSR count). The Morgan fingerprint density at radius 3 is 2.55 bits per heavy atom. The van der Waals surface area contributed by atoms with Gasteiger partial charge in [-0.2, -0.15) is 0 Å². The molecular formula is C14H28N2O3S. The van der Waals surface area contributed by atoms with E-state index in [2.05, 4.69) is 12.2 Å². The van der Waals surface area contributed by atoms with Crippen LogP contribution in [0.25, 0.3) is 0 Å². The predicted octanol–water partition coefficient (Wildman–Crippen LogP) is 1.37. The fourth-order valence-electron chi connectivity index (χ4n) is 2.65. The molecule has 1 aliphatic rings. The maximum atomic E-state index is 12.1. The number of carbonyl (C=O) groups excluding carboxylic acids is 1. The number of hydrogen-bond acceptors (Lipinski definition) is 4. The van der Waals surface area contributed by atoms with Crippen molar-refractivity contribution < 1.29 is 13.2 Å². The molecule has 0 heterocycles. The second-order valence-corrected chi connectivity index (χ2v) is 8.07. The second-order valence-electron chi connectivity index (χ2n) is 5.67. The monoisotopic (exact) mass is 304 g/mol. The van der Waals surface area contributed by atoms with Crippen LogP contribution in [0.4, 0.5) is 0 Å². The highest BCUT2D eigenvalue weighted by Gasteiger charge is 2.28. The van der Waals surface area contributed by atoms with E-state index in [0.717, 1.165) is 44.9 Å². The van der Waals surface area contributed by atoms with E-state index < -0.39 is 9.84 Å². The molecule has 1 fully saturated rings. The maximum Gasteiger partial charge on any atom is 0.221 e. The highest BCUT2D eigenvalue weighted by atomic mass is 32.2. The second kappa shape index (κ2) is 8.62. The van der Waals surface area contributed by atoms with Crippen molar-refractivity contribution in [2.75, 3.05) is 12.3 Å². The Bertz CT molecular complexity index is 389. The van der Waals surface area contributed by atoms with Crippen LogP contribution in [0.3, 0.4) is 0 Å². The summed E-state index contributed by atoms with van der Waals surface area (Å²) >= 11 is 0. The standard InChI is InChI=1S/C14H28N2O3S/c1-2-3-6-12(11-15)16-14(17)9-10-20(18,19)13-7-4-5-8-13/h12-13H,2-11,15H2,1H3,(H,16,17). The number of amides is 1. The fraction of sp³-hybridized carbons (Fsp3) is 0.929. The van der Waals surface area contributed by atoms with E-state index in [1.807, 2.05) is 0 Å². The molecule has 0 saturated heterocycles. The molecule has 0 spiro atoms. The van der Waals surface area contributed by atoms with E-state index in [9.17, 15) is 13.2 Å². The number of hydrogen-bond donors (Lipinski definition) is 2. The van der Waals surface area contributed by atoms with Gasteiger partial charge < -0.3 is 11.1 Å². The van der Waals surface area contributed by atoms with E-state index in [1.165, 1.54) is 0 Å². The highest BCUT2D eigenvalue weighted by Crippen LogP contribution is 2.25. The van der Waals surface area contributed by atoms with E-state index in [1.54, 1.807) is 0 Å². The number of unbranched alkanes of at least 4 members (excludes halogenated alkanes) is 1. The molecule has 5 nitrogen and oxygen atoms in total. The topological polar surface area (TPSA) is 89.3 Å².